The summed E-state index contributed by atoms with van der Waals surface area (Å²) in [5.74, 6) is 1.45. The highest BCUT2D eigenvalue weighted by Gasteiger charge is 2.65. The summed E-state index contributed by atoms with van der Waals surface area (Å²) >= 11 is 1.75. The first-order chi connectivity index (χ1) is 30.6. The third-order valence-electron chi connectivity index (χ3n) is 12.1. The largest absolute Gasteiger partial charge is 0.493 e. The number of rotatable bonds is 21. The van der Waals surface area contributed by atoms with E-state index < -0.39 is 29.4 Å². The Hall–Kier alpha value is -4.69. The van der Waals surface area contributed by atoms with E-state index in [-0.39, 0.29) is 63.9 Å². The van der Waals surface area contributed by atoms with Crippen molar-refractivity contribution in [2.75, 3.05) is 45.6 Å². The fourth-order valence-corrected chi connectivity index (χ4v) is 10.3. The van der Waals surface area contributed by atoms with E-state index in [4.69, 9.17) is 38.4 Å². The van der Waals surface area contributed by atoms with E-state index in [2.05, 4.69) is 30.9 Å². The molecule has 2 N–H and O–H groups in total. The van der Waals surface area contributed by atoms with Crippen molar-refractivity contribution in [1.82, 2.24) is 4.90 Å². The van der Waals surface area contributed by atoms with Crippen LogP contribution in [0, 0.1) is 17.8 Å². The predicted octanol–water partition coefficient (Wildman–Crippen LogP) is 9.68. The van der Waals surface area contributed by atoms with Crippen molar-refractivity contribution in [3.63, 3.8) is 0 Å². The van der Waals surface area contributed by atoms with Crippen molar-refractivity contribution in [3.8, 4) is 23.0 Å². The molecule has 1 amide bonds. The van der Waals surface area contributed by atoms with Crippen LogP contribution in [-0.2, 0) is 20.9 Å². The van der Waals surface area contributed by atoms with Crippen LogP contribution in [-0.4, -0.2) is 89.9 Å². The van der Waals surface area contributed by atoms with E-state index in [1.54, 1.807) is 29.7 Å². The Morgan fingerprint density at radius 2 is 1.75 bits per heavy atom. The Morgan fingerprint density at radius 3 is 2.49 bits per heavy atom. The van der Waals surface area contributed by atoms with Gasteiger partial charge in [0.2, 0.25) is 12.6 Å². The molecule has 2 aliphatic carbocycles. The van der Waals surface area contributed by atoms with E-state index in [0.29, 0.717) is 42.4 Å². The van der Waals surface area contributed by atoms with Gasteiger partial charge >= 0.3 is 6.09 Å². The molecule has 6 atom stereocenters. The standard InChI is InChI=1S/C50H64N2O10S/c1-6-25-60-50-45(52(48(55)56-7-2)32-34-19-21-43-44(28-34)59-33-58-43)31-41(51-62-49(3,4)5)39-29-35(15-11-13-23-53)38(18-12-14-24-54)46(47(39)50)40-30-36(20-22-42(40)61-50)57-26-27-63-37-16-9-8-10-17-37/h6,8-10,16-17,19-22,28-30,35,38,45-47,53-54H,1,7,11-15,18,23-27,31-33H2,2-5H3/t35-,38+,45-,46+,47+,50+/m0/s1. The van der Waals surface area contributed by atoms with E-state index >= 15 is 0 Å². The topological polar surface area (TPSA) is 138 Å². The maximum Gasteiger partial charge on any atom is 0.410 e. The second-order valence-electron chi connectivity index (χ2n) is 17.5. The molecule has 3 aromatic carbocycles. The fraction of sp³-hybridized carbons (Fsp3) is 0.520. The zero-order chi connectivity index (χ0) is 44.4. The quantitative estimate of drug-likeness (QED) is 0.0458. The van der Waals surface area contributed by atoms with E-state index in [0.717, 1.165) is 53.9 Å². The molecule has 4 aliphatic rings. The van der Waals surface area contributed by atoms with Gasteiger partial charge in [-0.15, -0.1) is 18.3 Å². The summed E-state index contributed by atoms with van der Waals surface area (Å²) in [5, 5.41) is 24.9. The van der Waals surface area contributed by atoms with E-state index in [9.17, 15) is 15.0 Å². The van der Waals surface area contributed by atoms with Crippen LogP contribution in [0.15, 0.2) is 101 Å². The molecule has 0 spiro atoms. The predicted molar refractivity (Wildman–Crippen MR) is 244 cm³/mol. The van der Waals surface area contributed by atoms with Gasteiger partial charge in [-0.3, -0.25) is 4.90 Å². The van der Waals surface area contributed by atoms with Crippen LogP contribution >= 0.6 is 11.8 Å². The van der Waals surface area contributed by atoms with Gasteiger partial charge in [0.05, 0.1) is 31.5 Å². The third-order valence-corrected chi connectivity index (χ3v) is 13.1. The highest BCUT2D eigenvalue weighted by molar-refractivity contribution is 7.99. The van der Waals surface area contributed by atoms with E-state index in [1.165, 1.54) is 4.90 Å². The van der Waals surface area contributed by atoms with Crippen LogP contribution in [0.3, 0.4) is 0 Å². The lowest BCUT2D eigenvalue weighted by atomic mass is 9.55. The van der Waals surface area contributed by atoms with Crippen LogP contribution in [0.25, 0.3) is 0 Å². The molecule has 63 heavy (non-hydrogen) atoms. The number of nitrogens with zero attached hydrogens (tertiary/aromatic N) is 2. The maximum atomic E-state index is 14.6. The fourth-order valence-electron chi connectivity index (χ4n) is 9.51. The Labute approximate surface area is 376 Å². The number of amides is 1. The average molecular weight is 885 g/mol. The smallest absolute Gasteiger partial charge is 0.410 e. The normalized spacial score (nSPS) is 23.8. The summed E-state index contributed by atoms with van der Waals surface area (Å²) in [4.78, 5) is 23.7. The van der Waals surface area contributed by atoms with Gasteiger partial charge in [-0.2, -0.15) is 0 Å². The van der Waals surface area contributed by atoms with Gasteiger partial charge in [0.15, 0.2) is 11.5 Å². The first kappa shape index (κ1) is 46.3. The van der Waals surface area contributed by atoms with Gasteiger partial charge in [0.1, 0.15) is 23.1 Å². The molecule has 1 saturated carbocycles. The number of hydrogen-bond donors (Lipinski definition) is 2. The third kappa shape index (κ3) is 10.8. The summed E-state index contributed by atoms with van der Waals surface area (Å²) < 4.78 is 38.3. The number of unbranched alkanes of at least 4 members (excludes halogenated alkanes) is 2. The Bertz CT molecular complexity index is 2070. The number of benzene rings is 3. The second-order valence-corrected chi connectivity index (χ2v) is 18.7. The molecule has 12 nitrogen and oxygen atoms in total. The molecule has 3 aromatic rings. The molecule has 2 heterocycles. The van der Waals surface area contributed by atoms with Crippen LogP contribution in [0.4, 0.5) is 4.79 Å². The highest BCUT2D eigenvalue weighted by Crippen LogP contribution is 2.62. The minimum Gasteiger partial charge on any atom is -0.493 e. The monoisotopic (exact) mass is 884 g/mol. The van der Waals surface area contributed by atoms with Crippen LogP contribution in [0.5, 0.6) is 23.0 Å². The molecule has 0 aromatic heterocycles. The van der Waals surface area contributed by atoms with Crippen molar-refractivity contribution in [3.05, 3.63) is 102 Å². The number of aliphatic hydroxyl groups is 2. The molecule has 1 fully saturated rings. The van der Waals surface area contributed by atoms with Gasteiger partial charge in [-0.25, -0.2) is 4.79 Å². The highest BCUT2D eigenvalue weighted by atomic mass is 32.2. The molecule has 0 unspecified atom stereocenters. The number of ether oxygens (including phenoxy) is 6. The van der Waals surface area contributed by atoms with Gasteiger partial charge < -0.3 is 43.5 Å². The number of allylic oxidation sites excluding steroid dienone is 1. The van der Waals surface area contributed by atoms with Crippen molar-refractivity contribution >= 4 is 23.6 Å². The summed E-state index contributed by atoms with van der Waals surface area (Å²) in [6.07, 6.45) is 8.43. The maximum absolute atomic E-state index is 14.6. The second kappa shape index (κ2) is 21.3. The van der Waals surface area contributed by atoms with Crippen molar-refractivity contribution in [1.29, 1.82) is 0 Å². The number of fused-ring (bicyclic) bond motifs is 3. The Balaban J connectivity index is 1.39. The molecular weight excluding hydrogens is 821 g/mol. The van der Waals surface area contributed by atoms with Gasteiger partial charge in [0.25, 0.3) is 0 Å². The Morgan fingerprint density at radius 1 is 0.984 bits per heavy atom. The zero-order valence-corrected chi connectivity index (χ0v) is 38.0. The van der Waals surface area contributed by atoms with Crippen molar-refractivity contribution < 1.29 is 48.3 Å². The molecule has 7 rings (SSSR count). The minimum atomic E-state index is -1.44. The summed E-state index contributed by atoms with van der Waals surface area (Å²) in [5.41, 5.74) is 2.87. The first-order valence-corrected chi connectivity index (χ1v) is 23.5. The average Bonchev–Trinajstić information content (AvgIpc) is 3.75. The van der Waals surface area contributed by atoms with Crippen LogP contribution < -0.4 is 18.9 Å². The lowest BCUT2D eigenvalue weighted by Crippen LogP contribution is -2.70. The number of carbonyl (C=O) groups excluding carboxylic acids is 1. The van der Waals surface area contributed by atoms with Gasteiger partial charge in [-0.05, 0) is 119 Å². The number of aliphatic hydroxyl groups excluding tert-OH is 2. The van der Waals surface area contributed by atoms with Crippen LogP contribution in [0.1, 0.15) is 89.7 Å². The number of thioether (sulfide) groups is 1. The lowest BCUT2D eigenvalue weighted by molar-refractivity contribution is -0.256. The SMILES string of the molecule is C=CCO[C@@]12Oc3ccc(OCCSc4ccccc4)cc3[C@H]3[C@H](CCCCO)[C@@H](CCCCO)C=C(C(=NOC(C)(C)C)C[C@@H]1N(Cc1ccc4c(c1)OCO4)C(=O)OCC)[C@H]32. The van der Waals surface area contributed by atoms with E-state index in [1.807, 2.05) is 69.3 Å². The number of carbonyl (C=O) groups is 1. The molecule has 0 radical (unpaired) electrons. The lowest BCUT2D eigenvalue weighted by Gasteiger charge is -2.60. The van der Waals surface area contributed by atoms with Crippen molar-refractivity contribution in [2.45, 2.75) is 107 Å². The molecule has 340 valence electrons. The molecule has 2 aliphatic heterocycles. The first-order valence-electron chi connectivity index (χ1n) is 22.5. The Kier molecular flexibility index (Phi) is 15.7. The van der Waals surface area contributed by atoms with Gasteiger partial charge in [-0.1, -0.05) is 54.4 Å². The molecular formula is C50H64N2O10S. The summed E-state index contributed by atoms with van der Waals surface area (Å²) in [7, 11) is 0. The van der Waals surface area contributed by atoms with Crippen LogP contribution in [0.2, 0.25) is 0 Å². The van der Waals surface area contributed by atoms with Gasteiger partial charge in [0, 0.05) is 48.3 Å². The molecule has 13 heteroatoms. The molecule has 0 saturated heterocycles. The zero-order valence-electron chi connectivity index (χ0n) is 37.2. The summed E-state index contributed by atoms with van der Waals surface area (Å²) in [6, 6.07) is 21.3. The van der Waals surface area contributed by atoms with Crippen molar-refractivity contribution in [2.24, 2.45) is 22.9 Å². The number of hydrogen-bond acceptors (Lipinski definition) is 12. The minimum absolute atomic E-state index is 0.0654. The molecule has 0 bridgehead atoms. The number of oxime groups is 1. The summed E-state index contributed by atoms with van der Waals surface area (Å²) in [6.45, 7) is 13.0.